The second-order valence-corrected chi connectivity index (χ2v) is 8.58. The lowest BCUT2D eigenvalue weighted by Crippen LogP contribution is -2.28. The summed E-state index contributed by atoms with van der Waals surface area (Å²) in [5, 5.41) is 13.3. The van der Waals surface area contributed by atoms with E-state index >= 15 is 0 Å². The maximum absolute atomic E-state index is 14.7. The second-order valence-electron chi connectivity index (χ2n) is 8.18. The zero-order chi connectivity index (χ0) is 23.5. The summed E-state index contributed by atoms with van der Waals surface area (Å²) in [6, 6.07) is 6.04. The SMILES string of the molecule is CC(C)Oc1ncc(-c2nc(-c3ccc(OC4CCC(C(=O)O)CC4)c(F)c3)no2)cc1Cl. The number of carboxylic acid groups (broad SMARTS) is 1. The van der Waals surface area contributed by atoms with Crippen molar-refractivity contribution in [2.24, 2.45) is 5.92 Å². The van der Waals surface area contributed by atoms with Crippen molar-refractivity contribution in [1.82, 2.24) is 15.1 Å². The first-order chi connectivity index (χ1) is 15.8. The molecular formula is C23H23ClFN3O5. The van der Waals surface area contributed by atoms with Crippen molar-refractivity contribution in [2.45, 2.75) is 51.7 Å². The Bertz CT molecular complexity index is 1140. The average molecular weight is 476 g/mol. The van der Waals surface area contributed by atoms with Crippen LogP contribution in [0.3, 0.4) is 0 Å². The number of rotatable bonds is 7. The first-order valence-corrected chi connectivity index (χ1v) is 11.0. The third-order valence-corrected chi connectivity index (χ3v) is 5.61. The quantitative estimate of drug-likeness (QED) is 0.484. The lowest BCUT2D eigenvalue weighted by atomic mass is 9.87. The standard InChI is InChI=1S/C23H23ClFN3O5/c1-12(2)31-22-17(24)9-15(11-26-22)21-27-20(28-33-21)14-5-8-19(18(25)10-14)32-16-6-3-13(4-7-16)23(29)30/h5,8-13,16H,3-4,6-7H2,1-2H3,(H,29,30). The zero-order valence-electron chi connectivity index (χ0n) is 18.1. The number of halogens is 2. The maximum atomic E-state index is 14.7. The van der Waals surface area contributed by atoms with Crippen molar-refractivity contribution in [2.75, 3.05) is 0 Å². The first kappa shape index (κ1) is 23.0. The molecular weight excluding hydrogens is 453 g/mol. The van der Waals surface area contributed by atoms with E-state index in [1.165, 1.54) is 18.3 Å². The fourth-order valence-corrected chi connectivity index (χ4v) is 3.86. The molecule has 1 aliphatic carbocycles. The summed E-state index contributed by atoms with van der Waals surface area (Å²) >= 11 is 6.22. The van der Waals surface area contributed by atoms with Gasteiger partial charge in [-0.25, -0.2) is 9.37 Å². The van der Waals surface area contributed by atoms with Crippen LogP contribution in [0.2, 0.25) is 5.02 Å². The molecule has 1 fully saturated rings. The fraction of sp³-hybridized carbons (Fsp3) is 0.391. The molecule has 33 heavy (non-hydrogen) atoms. The summed E-state index contributed by atoms with van der Waals surface area (Å²) in [6.45, 7) is 3.74. The van der Waals surface area contributed by atoms with Gasteiger partial charge in [-0.1, -0.05) is 16.8 Å². The van der Waals surface area contributed by atoms with E-state index in [4.69, 9.17) is 30.7 Å². The number of aromatic nitrogens is 3. The number of hydrogen-bond donors (Lipinski definition) is 1. The molecule has 10 heteroatoms. The molecule has 1 saturated carbocycles. The van der Waals surface area contributed by atoms with Gasteiger partial charge >= 0.3 is 5.97 Å². The molecule has 0 saturated heterocycles. The lowest BCUT2D eigenvalue weighted by molar-refractivity contribution is -0.143. The van der Waals surface area contributed by atoms with Crippen LogP contribution in [0, 0.1) is 11.7 Å². The predicted octanol–water partition coefficient (Wildman–Crippen LogP) is 5.40. The predicted molar refractivity (Wildman–Crippen MR) is 118 cm³/mol. The van der Waals surface area contributed by atoms with E-state index < -0.39 is 11.8 Å². The number of ether oxygens (including phenoxy) is 2. The van der Waals surface area contributed by atoms with E-state index in [0.29, 0.717) is 47.7 Å². The van der Waals surface area contributed by atoms with E-state index in [1.54, 1.807) is 12.1 Å². The van der Waals surface area contributed by atoms with Crippen molar-refractivity contribution in [3.05, 3.63) is 41.3 Å². The first-order valence-electron chi connectivity index (χ1n) is 10.7. The third-order valence-electron chi connectivity index (χ3n) is 5.33. The van der Waals surface area contributed by atoms with Crippen molar-refractivity contribution < 1.29 is 28.3 Å². The van der Waals surface area contributed by atoms with Crippen LogP contribution >= 0.6 is 11.6 Å². The maximum Gasteiger partial charge on any atom is 0.306 e. The van der Waals surface area contributed by atoms with Gasteiger partial charge in [0.15, 0.2) is 11.6 Å². The van der Waals surface area contributed by atoms with Crippen molar-refractivity contribution in [1.29, 1.82) is 0 Å². The van der Waals surface area contributed by atoms with Gasteiger partial charge in [-0.05, 0) is 63.8 Å². The molecule has 0 aliphatic heterocycles. The highest BCUT2D eigenvalue weighted by atomic mass is 35.5. The minimum atomic E-state index is -0.790. The van der Waals surface area contributed by atoms with Crippen LogP contribution in [-0.2, 0) is 4.79 Å². The lowest BCUT2D eigenvalue weighted by Gasteiger charge is -2.26. The number of pyridine rings is 1. The van der Waals surface area contributed by atoms with Gasteiger partial charge < -0.3 is 19.1 Å². The smallest absolute Gasteiger partial charge is 0.306 e. The van der Waals surface area contributed by atoms with Crippen LogP contribution in [0.4, 0.5) is 4.39 Å². The number of carboxylic acids is 1. The minimum Gasteiger partial charge on any atom is -0.487 e. The molecule has 2 aromatic heterocycles. The van der Waals surface area contributed by atoms with Gasteiger partial charge in [0.2, 0.25) is 11.7 Å². The molecule has 1 aliphatic rings. The molecule has 0 bridgehead atoms. The Morgan fingerprint density at radius 3 is 2.61 bits per heavy atom. The highest BCUT2D eigenvalue weighted by molar-refractivity contribution is 6.32. The topological polar surface area (TPSA) is 108 Å². The molecule has 1 N–H and O–H groups in total. The van der Waals surface area contributed by atoms with Crippen molar-refractivity contribution >= 4 is 17.6 Å². The van der Waals surface area contributed by atoms with Crippen LogP contribution in [0.15, 0.2) is 35.0 Å². The monoisotopic (exact) mass is 475 g/mol. The van der Waals surface area contributed by atoms with Gasteiger partial charge in [-0.3, -0.25) is 4.79 Å². The van der Waals surface area contributed by atoms with Crippen LogP contribution in [0.25, 0.3) is 22.8 Å². The van der Waals surface area contributed by atoms with E-state index in [1.807, 2.05) is 13.8 Å². The number of aliphatic carboxylic acids is 1. The molecule has 1 aromatic carbocycles. The molecule has 0 spiro atoms. The highest BCUT2D eigenvalue weighted by Crippen LogP contribution is 2.32. The fourth-order valence-electron chi connectivity index (χ4n) is 3.65. The molecule has 2 heterocycles. The molecule has 0 atom stereocenters. The number of hydrogen-bond acceptors (Lipinski definition) is 7. The largest absolute Gasteiger partial charge is 0.487 e. The van der Waals surface area contributed by atoms with Gasteiger partial charge in [-0.2, -0.15) is 4.98 Å². The van der Waals surface area contributed by atoms with Gasteiger partial charge in [0.1, 0.15) is 5.02 Å². The Kier molecular flexibility index (Phi) is 6.78. The zero-order valence-corrected chi connectivity index (χ0v) is 18.9. The summed E-state index contributed by atoms with van der Waals surface area (Å²) in [4.78, 5) is 19.6. The van der Waals surface area contributed by atoms with E-state index in [2.05, 4.69) is 15.1 Å². The number of benzene rings is 1. The van der Waals surface area contributed by atoms with Crippen LogP contribution in [0.5, 0.6) is 11.6 Å². The average Bonchev–Trinajstić information content (AvgIpc) is 3.27. The van der Waals surface area contributed by atoms with Crippen LogP contribution in [0.1, 0.15) is 39.5 Å². The van der Waals surface area contributed by atoms with Crippen LogP contribution in [-0.4, -0.2) is 38.4 Å². The molecule has 3 aromatic rings. The van der Waals surface area contributed by atoms with Gasteiger partial charge in [0.05, 0.1) is 23.7 Å². The second kappa shape index (κ2) is 9.74. The molecule has 8 nitrogen and oxygen atoms in total. The Hall–Kier alpha value is -3.20. The normalized spacial score (nSPS) is 18.3. The summed E-state index contributed by atoms with van der Waals surface area (Å²) in [6.07, 6.45) is 3.42. The molecule has 0 unspecified atom stereocenters. The summed E-state index contributed by atoms with van der Waals surface area (Å²) in [5.74, 6) is -0.890. The van der Waals surface area contributed by atoms with E-state index in [9.17, 15) is 9.18 Å². The molecule has 0 radical (unpaired) electrons. The van der Waals surface area contributed by atoms with Gasteiger partial charge in [0, 0.05) is 11.8 Å². The summed E-state index contributed by atoms with van der Waals surface area (Å²) in [5.41, 5.74) is 0.926. The molecule has 4 rings (SSSR count). The van der Waals surface area contributed by atoms with Gasteiger partial charge in [-0.15, -0.1) is 0 Å². The highest BCUT2D eigenvalue weighted by Gasteiger charge is 2.27. The molecule has 174 valence electrons. The van der Waals surface area contributed by atoms with Crippen LogP contribution < -0.4 is 9.47 Å². The summed E-state index contributed by atoms with van der Waals surface area (Å²) < 4.78 is 31.3. The van der Waals surface area contributed by atoms with Crippen molar-refractivity contribution in [3.63, 3.8) is 0 Å². The van der Waals surface area contributed by atoms with E-state index in [0.717, 1.165) is 0 Å². The summed E-state index contributed by atoms with van der Waals surface area (Å²) in [7, 11) is 0. The number of nitrogens with zero attached hydrogens (tertiary/aromatic N) is 3. The Morgan fingerprint density at radius 2 is 1.97 bits per heavy atom. The molecule has 0 amide bonds. The van der Waals surface area contributed by atoms with E-state index in [-0.39, 0.29) is 35.6 Å². The Labute approximate surface area is 194 Å². The Balaban J connectivity index is 1.45. The minimum absolute atomic E-state index is 0.0718. The number of carbonyl (C=O) groups is 1. The third kappa shape index (κ3) is 5.42. The van der Waals surface area contributed by atoms with Crippen molar-refractivity contribution in [3.8, 4) is 34.5 Å². The Morgan fingerprint density at radius 1 is 1.21 bits per heavy atom. The van der Waals surface area contributed by atoms with Gasteiger partial charge in [0.25, 0.3) is 5.89 Å².